The first-order valence-corrected chi connectivity index (χ1v) is 9.22. The molecule has 1 fully saturated rings. The molecule has 28 heavy (non-hydrogen) atoms. The van der Waals surface area contributed by atoms with Crippen LogP contribution in [0, 0.1) is 18.6 Å². The number of aryl methyl sites for hydroxylation is 1. The molecule has 9 heteroatoms. The van der Waals surface area contributed by atoms with Gasteiger partial charge in [0.2, 0.25) is 0 Å². The van der Waals surface area contributed by atoms with E-state index in [1.165, 1.54) is 17.2 Å². The third kappa shape index (κ3) is 4.54. The number of benzene rings is 1. The van der Waals surface area contributed by atoms with Crippen molar-refractivity contribution >= 4 is 5.91 Å². The highest BCUT2D eigenvalue weighted by atomic mass is 19.1. The van der Waals surface area contributed by atoms with Gasteiger partial charge in [-0.2, -0.15) is 5.10 Å². The normalized spacial score (nSPS) is 15.0. The minimum atomic E-state index is -0.763. The fourth-order valence-corrected chi connectivity index (χ4v) is 3.17. The number of halogens is 2. The van der Waals surface area contributed by atoms with Crippen molar-refractivity contribution in [3.63, 3.8) is 0 Å². The molecule has 7 nitrogen and oxygen atoms in total. The summed E-state index contributed by atoms with van der Waals surface area (Å²) in [5, 5.41) is 13.5. The van der Waals surface area contributed by atoms with E-state index < -0.39 is 11.6 Å². The van der Waals surface area contributed by atoms with Crippen molar-refractivity contribution in [1.82, 2.24) is 19.6 Å². The number of rotatable bonds is 7. The van der Waals surface area contributed by atoms with E-state index in [1.807, 2.05) is 0 Å². The van der Waals surface area contributed by atoms with E-state index >= 15 is 0 Å². The number of morpholine rings is 1. The van der Waals surface area contributed by atoms with Gasteiger partial charge in [0.05, 0.1) is 19.8 Å². The summed E-state index contributed by atoms with van der Waals surface area (Å²) < 4.78 is 34.4. The summed E-state index contributed by atoms with van der Waals surface area (Å²) in [6, 6.07) is 3.54. The topological polar surface area (TPSA) is 70.8 Å². The Bertz CT molecular complexity index is 801. The molecule has 1 amide bonds. The Balaban J connectivity index is 1.78. The molecule has 0 radical (unpaired) electrons. The van der Waals surface area contributed by atoms with Gasteiger partial charge in [-0.25, -0.2) is 13.5 Å². The summed E-state index contributed by atoms with van der Waals surface area (Å²) in [5.41, 5.74) is 0.284. The molecule has 2 aromatic rings. The van der Waals surface area contributed by atoms with E-state index in [0.29, 0.717) is 31.9 Å². The lowest BCUT2D eigenvalue weighted by Gasteiger charge is -2.29. The van der Waals surface area contributed by atoms with Crippen LogP contribution in [0.25, 0.3) is 5.69 Å². The Kier molecular flexibility index (Phi) is 6.71. The minimum absolute atomic E-state index is 0.109. The standard InChI is InChI=1S/C19H24F2N4O3/c1-14-13-25(18-15(20)3-2-4-16(18)21)22-17(14)19(27)24(7-10-26)6-5-23-8-11-28-12-9-23/h2-4,13,26H,5-12H2,1H3. The van der Waals surface area contributed by atoms with Gasteiger partial charge in [-0.05, 0) is 19.1 Å². The van der Waals surface area contributed by atoms with E-state index in [9.17, 15) is 18.7 Å². The van der Waals surface area contributed by atoms with Crippen LogP contribution in [0.15, 0.2) is 24.4 Å². The second-order valence-electron chi connectivity index (χ2n) is 6.65. The van der Waals surface area contributed by atoms with E-state index in [2.05, 4.69) is 10.00 Å². The molecular weight excluding hydrogens is 370 g/mol. The molecule has 1 saturated heterocycles. The summed E-state index contributed by atoms with van der Waals surface area (Å²) >= 11 is 0. The van der Waals surface area contributed by atoms with Crippen LogP contribution in [0.1, 0.15) is 16.1 Å². The van der Waals surface area contributed by atoms with Gasteiger partial charge < -0.3 is 14.7 Å². The lowest BCUT2D eigenvalue weighted by Crippen LogP contribution is -2.44. The Hall–Kier alpha value is -2.36. The number of amides is 1. The highest BCUT2D eigenvalue weighted by Crippen LogP contribution is 2.19. The highest BCUT2D eigenvalue weighted by Gasteiger charge is 2.23. The number of carbonyl (C=O) groups is 1. The summed E-state index contributed by atoms with van der Waals surface area (Å²) in [5.74, 6) is -1.91. The number of aromatic nitrogens is 2. The number of aliphatic hydroxyl groups excluding tert-OH is 1. The molecule has 0 aliphatic carbocycles. The number of ether oxygens (including phenoxy) is 1. The minimum Gasteiger partial charge on any atom is -0.395 e. The summed E-state index contributed by atoms with van der Waals surface area (Å²) in [6.45, 7) is 5.60. The maximum absolute atomic E-state index is 14.0. The van der Waals surface area contributed by atoms with Crippen LogP contribution >= 0.6 is 0 Å². The van der Waals surface area contributed by atoms with Gasteiger partial charge in [-0.1, -0.05) is 6.07 Å². The second kappa shape index (κ2) is 9.22. The number of hydrogen-bond donors (Lipinski definition) is 1. The van der Waals surface area contributed by atoms with Crippen molar-refractivity contribution < 1.29 is 23.4 Å². The number of aliphatic hydroxyl groups is 1. The van der Waals surface area contributed by atoms with Crippen LogP contribution in [-0.2, 0) is 4.74 Å². The Morgan fingerprint density at radius 3 is 2.57 bits per heavy atom. The molecule has 0 bridgehead atoms. The third-order valence-corrected chi connectivity index (χ3v) is 4.71. The maximum atomic E-state index is 14.0. The number of para-hydroxylation sites is 1. The lowest BCUT2D eigenvalue weighted by atomic mass is 10.2. The predicted octanol–water partition coefficient (Wildman–Crippen LogP) is 1.23. The zero-order valence-corrected chi connectivity index (χ0v) is 15.8. The summed E-state index contributed by atoms with van der Waals surface area (Å²) in [4.78, 5) is 16.6. The average molecular weight is 394 g/mol. The van der Waals surface area contributed by atoms with Crippen molar-refractivity contribution in [2.45, 2.75) is 6.92 Å². The van der Waals surface area contributed by atoms with Crippen LogP contribution in [0.4, 0.5) is 8.78 Å². The molecule has 1 aromatic heterocycles. The Labute approximate surface area is 162 Å². The molecule has 0 spiro atoms. The zero-order chi connectivity index (χ0) is 20.1. The third-order valence-electron chi connectivity index (χ3n) is 4.71. The Morgan fingerprint density at radius 1 is 1.25 bits per heavy atom. The van der Waals surface area contributed by atoms with Crippen molar-refractivity contribution in [3.05, 3.63) is 47.3 Å². The van der Waals surface area contributed by atoms with Gasteiger partial charge in [0.1, 0.15) is 5.69 Å². The molecule has 0 atom stereocenters. The molecule has 1 N–H and O–H groups in total. The first-order chi connectivity index (χ1) is 13.5. The molecule has 152 valence electrons. The first kappa shape index (κ1) is 20.4. The van der Waals surface area contributed by atoms with E-state index in [0.717, 1.165) is 29.9 Å². The van der Waals surface area contributed by atoms with Gasteiger partial charge in [0, 0.05) is 44.5 Å². The molecule has 0 saturated carbocycles. The predicted molar refractivity (Wildman–Crippen MR) is 98.5 cm³/mol. The van der Waals surface area contributed by atoms with Gasteiger partial charge in [-0.3, -0.25) is 9.69 Å². The highest BCUT2D eigenvalue weighted by molar-refractivity contribution is 5.93. The first-order valence-electron chi connectivity index (χ1n) is 9.22. The zero-order valence-electron chi connectivity index (χ0n) is 15.8. The number of nitrogens with zero attached hydrogens (tertiary/aromatic N) is 4. The van der Waals surface area contributed by atoms with E-state index in [1.54, 1.807) is 6.92 Å². The fourth-order valence-electron chi connectivity index (χ4n) is 3.17. The maximum Gasteiger partial charge on any atom is 0.274 e. The van der Waals surface area contributed by atoms with Gasteiger partial charge in [0.15, 0.2) is 17.3 Å². The second-order valence-corrected chi connectivity index (χ2v) is 6.65. The van der Waals surface area contributed by atoms with Crippen molar-refractivity contribution in [3.8, 4) is 5.69 Å². The van der Waals surface area contributed by atoms with Crippen molar-refractivity contribution in [1.29, 1.82) is 0 Å². The van der Waals surface area contributed by atoms with Gasteiger partial charge >= 0.3 is 0 Å². The molecule has 1 aliphatic rings. The molecular formula is C19H24F2N4O3. The lowest BCUT2D eigenvalue weighted by molar-refractivity contribution is 0.0314. The van der Waals surface area contributed by atoms with Crippen molar-refractivity contribution in [2.75, 3.05) is 52.5 Å². The van der Waals surface area contributed by atoms with Gasteiger partial charge in [-0.15, -0.1) is 0 Å². The van der Waals surface area contributed by atoms with Crippen LogP contribution in [0.2, 0.25) is 0 Å². The fraction of sp³-hybridized carbons (Fsp3) is 0.474. The van der Waals surface area contributed by atoms with E-state index in [-0.39, 0.29) is 30.4 Å². The molecule has 1 aliphatic heterocycles. The average Bonchev–Trinajstić information content (AvgIpc) is 3.06. The summed E-state index contributed by atoms with van der Waals surface area (Å²) in [7, 11) is 0. The smallest absolute Gasteiger partial charge is 0.274 e. The SMILES string of the molecule is Cc1cn(-c2c(F)cccc2F)nc1C(=O)N(CCO)CCN1CCOCC1. The van der Waals surface area contributed by atoms with Crippen LogP contribution in [0.3, 0.4) is 0 Å². The molecule has 0 unspecified atom stereocenters. The Morgan fingerprint density at radius 2 is 1.93 bits per heavy atom. The largest absolute Gasteiger partial charge is 0.395 e. The van der Waals surface area contributed by atoms with Crippen molar-refractivity contribution in [2.24, 2.45) is 0 Å². The number of hydrogen-bond acceptors (Lipinski definition) is 5. The molecule has 3 rings (SSSR count). The molecule has 1 aromatic carbocycles. The van der Waals surface area contributed by atoms with Crippen LogP contribution in [-0.4, -0.2) is 83.1 Å². The van der Waals surface area contributed by atoms with E-state index in [4.69, 9.17) is 4.74 Å². The van der Waals surface area contributed by atoms with Gasteiger partial charge in [0.25, 0.3) is 5.91 Å². The summed E-state index contributed by atoms with van der Waals surface area (Å²) in [6.07, 6.45) is 1.42. The quantitative estimate of drug-likeness (QED) is 0.765. The number of carbonyl (C=O) groups excluding carboxylic acids is 1. The molecule has 2 heterocycles. The monoisotopic (exact) mass is 394 g/mol. The van der Waals surface area contributed by atoms with Crippen LogP contribution < -0.4 is 0 Å². The van der Waals surface area contributed by atoms with Crippen LogP contribution in [0.5, 0.6) is 0 Å².